The van der Waals surface area contributed by atoms with Crippen LogP contribution in [0.1, 0.15) is 44.6 Å². The Labute approximate surface area is 160 Å². The van der Waals surface area contributed by atoms with Gasteiger partial charge in [-0.25, -0.2) is 4.98 Å². The molecular formula is C23H27N3O. The predicted molar refractivity (Wildman–Crippen MR) is 111 cm³/mol. The fourth-order valence-corrected chi connectivity index (χ4v) is 3.04. The Kier molecular flexibility index (Phi) is 5.17. The zero-order valence-electron chi connectivity index (χ0n) is 16.5. The summed E-state index contributed by atoms with van der Waals surface area (Å²) >= 11 is 0. The van der Waals surface area contributed by atoms with Gasteiger partial charge in [0.05, 0.1) is 17.6 Å². The second-order valence-corrected chi connectivity index (χ2v) is 8.01. The minimum atomic E-state index is -0.150. The quantitative estimate of drug-likeness (QED) is 0.677. The largest absolute Gasteiger partial charge is 0.345 e. The second-order valence-electron chi connectivity index (χ2n) is 8.01. The number of para-hydroxylation sites is 2. The molecule has 1 heterocycles. The lowest BCUT2D eigenvalue weighted by Crippen LogP contribution is -2.25. The van der Waals surface area contributed by atoms with Crippen LogP contribution in [0.4, 0.5) is 0 Å². The van der Waals surface area contributed by atoms with Crippen LogP contribution in [0.3, 0.4) is 0 Å². The minimum Gasteiger partial charge on any atom is -0.345 e. The number of hydrogen-bond acceptors (Lipinski definition) is 2. The van der Waals surface area contributed by atoms with Crippen LogP contribution < -0.4 is 5.32 Å². The number of amides is 1. The molecule has 27 heavy (non-hydrogen) atoms. The Bertz CT molecular complexity index is 975. The number of nitrogens with zero attached hydrogens (tertiary/aromatic N) is 2. The van der Waals surface area contributed by atoms with Crippen LogP contribution in [0.5, 0.6) is 0 Å². The van der Waals surface area contributed by atoms with Crippen LogP contribution in [0.25, 0.3) is 11.0 Å². The molecular weight excluding hydrogens is 334 g/mol. The molecule has 0 aliphatic heterocycles. The number of aromatic nitrogens is 2. The molecule has 0 fully saturated rings. The zero-order valence-corrected chi connectivity index (χ0v) is 16.5. The van der Waals surface area contributed by atoms with Gasteiger partial charge in [-0.15, -0.1) is 0 Å². The Morgan fingerprint density at radius 1 is 1.11 bits per heavy atom. The third kappa shape index (κ3) is 4.27. The first kappa shape index (κ1) is 18.9. The van der Waals surface area contributed by atoms with E-state index in [-0.39, 0.29) is 11.3 Å². The third-order valence-corrected chi connectivity index (χ3v) is 4.69. The molecule has 2 aromatic carbocycles. The van der Waals surface area contributed by atoms with Gasteiger partial charge in [-0.2, -0.15) is 0 Å². The summed E-state index contributed by atoms with van der Waals surface area (Å²) in [4.78, 5) is 16.6. The molecule has 0 saturated carbocycles. The van der Waals surface area contributed by atoms with Crippen molar-refractivity contribution < 1.29 is 4.79 Å². The number of hydrogen-bond donors (Lipinski definition) is 1. The maximum Gasteiger partial charge on any atom is 0.246 e. The summed E-state index contributed by atoms with van der Waals surface area (Å²) in [7, 11) is 0. The minimum absolute atomic E-state index is 0.137. The van der Waals surface area contributed by atoms with E-state index in [1.807, 2.05) is 18.2 Å². The summed E-state index contributed by atoms with van der Waals surface area (Å²) < 4.78 is 2.17. The molecule has 1 aromatic heterocycles. The molecule has 0 spiro atoms. The monoisotopic (exact) mass is 361 g/mol. The molecule has 0 bridgehead atoms. The number of rotatable bonds is 5. The first-order valence-corrected chi connectivity index (χ1v) is 9.23. The van der Waals surface area contributed by atoms with E-state index in [2.05, 4.69) is 67.6 Å². The average molecular weight is 361 g/mol. The Morgan fingerprint density at radius 2 is 1.78 bits per heavy atom. The van der Waals surface area contributed by atoms with Crippen molar-refractivity contribution in [2.24, 2.45) is 0 Å². The highest BCUT2D eigenvalue weighted by Crippen LogP contribution is 2.23. The first-order chi connectivity index (χ1) is 12.8. The fraction of sp³-hybridized carbons (Fsp3) is 0.304. The van der Waals surface area contributed by atoms with E-state index in [9.17, 15) is 4.79 Å². The number of nitrogens with one attached hydrogen (secondary N) is 1. The normalized spacial score (nSPS) is 11.6. The highest BCUT2D eigenvalue weighted by atomic mass is 16.1. The van der Waals surface area contributed by atoms with Gasteiger partial charge in [0.25, 0.3) is 0 Å². The number of carbonyl (C=O) groups is 1. The van der Waals surface area contributed by atoms with Gasteiger partial charge in [-0.3, -0.25) is 4.79 Å². The van der Waals surface area contributed by atoms with Crippen LogP contribution in [-0.2, 0) is 23.3 Å². The zero-order chi connectivity index (χ0) is 19.6. The van der Waals surface area contributed by atoms with Gasteiger partial charge in [0.2, 0.25) is 5.91 Å². The standard InChI is InChI=1S/C23H27N3O/c1-16(2)22(27)24-14-21-25-19-8-6-7-9-20(19)26(21)15-17-10-12-18(13-11-17)23(3,4)5/h6-13H,1,14-15H2,2-5H3,(H,24,27). The Morgan fingerprint density at radius 3 is 2.41 bits per heavy atom. The molecule has 1 N–H and O–H groups in total. The van der Waals surface area contributed by atoms with Crippen molar-refractivity contribution in [1.82, 2.24) is 14.9 Å². The second kappa shape index (κ2) is 7.39. The lowest BCUT2D eigenvalue weighted by Gasteiger charge is -2.19. The highest BCUT2D eigenvalue weighted by Gasteiger charge is 2.15. The van der Waals surface area contributed by atoms with E-state index in [0.717, 1.165) is 16.9 Å². The van der Waals surface area contributed by atoms with Gasteiger partial charge in [-0.05, 0) is 35.6 Å². The van der Waals surface area contributed by atoms with Crippen molar-refractivity contribution in [3.63, 3.8) is 0 Å². The van der Waals surface area contributed by atoms with Crippen LogP contribution >= 0.6 is 0 Å². The molecule has 3 rings (SSSR count). The van der Waals surface area contributed by atoms with Gasteiger partial charge in [-0.1, -0.05) is 63.7 Å². The van der Waals surface area contributed by atoms with Crippen LogP contribution in [0, 0.1) is 0 Å². The molecule has 0 aliphatic carbocycles. The van der Waals surface area contributed by atoms with Crippen molar-refractivity contribution in [2.45, 2.75) is 46.2 Å². The molecule has 0 aliphatic rings. The van der Waals surface area contributed by atoms with Gasteiger partial charge in [0.1, 0.15) is 5.82 Å². The summed E-state index contributed by atoms with van der Waals surface area (Å²) in [5.41, 5.74) is 5.16. The summed E-state index contributed by atoms with van der Waals surface area (Å²) in [5, 5.41) is 2.89. The maximum absolute atomic E-state index is 11.9. The lowest BCUT2D eigenvalue weighted by atomic mass is 9.87. The van der Waals surface area contributed by atoms with E-state index >= 15 is 0 Å². The highest BCUT2D eigenvalue weighted by molar-refractivity contribution is 5.92. The van der Waals surface area contributed by atoms with Crippen molar-refractivity contribution in [2.75, 3.05) is 0 Å². The molecule has 4 heteroatoms. The van der Waals surface area contributed by atoms with Crippen molar-refractivity contribution in [3.05, 3.63) is 77.6 Å². The summed E-state index contributed by atoms with van der Waals surface area (Å²) in [5.74, 6) is 0.689. The van der Waals surface area contributed by atoms with Crippen molar-refractivity contribution >= 4 is 16.9 Å². The van der Waals surface area contributed by atoms with E-state index in [0.29, 0.717) is 18.7 Å². The molecule has 4 nitrogen and oxygen atoms in total. The SMILES string of the molecule is C=C(C)C(=O)NCc1nc2ccccc2n1Cc1ccc(C(C)(C)C)cc1. The van der Waals surface area contributed by atoms with Gasteiger partial charge < -0.3 is 9.88 Å². The van der Waals surface area contributed by atoms with Crippen molar-refractivity contribution in [1.29, 1.82) is 0 Å². The third-order valence-electron chi connectivity index (χ3n) is 4.69. The summed E-state index contributed by atoms with van der Waals surface area (Å²) in [6.07, 6.45) is 0. The lowest BCUT2D eigenvalue weighted by molar-refractivity contribution is -0.117. The molecule has 0 saturated heterocycles. The van der Waals surface area contributed by atoms with E-state index in [1.54, 1.807) is 6.92 Å². The fourth-order valence-electron chi connectivity index (χ4n) is 3.04. The van der Waals surface area contributed by atoms with Crippen LogP contribution in [-0.4, -0.2) is 15.5 Å². The smallest absolute Gasteiger partial charge is 0.246 e. The Balaban J connectivity index is 1.91. The molecule has 140 valence electrons. The average Bonchev–Trinajstić information content (AvgIpc) is 2.97. The molecule has 0 radical (unpaired) electrons. The topological polar surface area (TPSA) is 46.9 Å². The maximum atomic E-state index is 11.9. The molecule has 0 atom stereocenters. The summed E-state index contributed by atoms with van der Waals surface area (Å²) in [6, 6.07) is 16.8. The van der Waals surface area contributed by atoms with E-state index in [4.69, 9.17) is 4.98 Å². The van der Waals surface area contributed by atoms with Crippen LogP contribution in [0.15, 0.2) is 60.7 Å². The number of benzene rings is 2. The number of fused-ring (bicyclic) bond motifs is 1. The van der Waals surface area contributed by atoms with E-state index < -0.39 is 0 Å². The molecule has 1 amide bonds. The Hall–Kier alpha value is -2.88. The summed E-state index contributed by atoms with van der Waals surface area (Å²) in [6.45, 7) is 13.1. The van der Waals surface area contributed by atoms with Gasteiger partial charge >= 0.3 is 0 Å². The van der Waals surface area contributed by atoms with Crippen molar-refractivity contribution in [3.8, 4) is 0 Å². The number of imidazole rings is 1. The van der Waals surface area contributed by atoms with Crippen LogP contribution in [0.2, 0.25) is 0 Å². The number of carbonyl (C=O) groups excluding carboxylic acids is 1. The van der Waals surface area contributed by atoms with Gasteiger partial charge in [0.15, 0.2) is 0 Å². The van der Waals surface area contributed by atoms with E-state index in [1.165, 1.54) is 11.1 Å². The first-order valence-electron chi connectivity index (χ1n) is 9.23. The molecule has 0 unspecified atom stereocenters. The molecule has 3 aromatic rings. The van der Waals surface area contributed by atoms with Gasteiger partial charge in [0, 0.05) is 12.1 Å². The predicted octanol–water partition coefficient (Wildman–Crippen LogP) is 4.57.